The number of alkyl carbamates (subject to hydrolysis) is 1. The summed E-state index contributed by atoms with van der Waals surface area (Å²) in [7, 11) is 0. The van der Waals surface area contributed by atoms with Gasteiger partial charge in [-0.2, -0.15) is 13.8 Å². The first kappa shape index (κ1) is 35.7. The normalized spacial score (nSPS) is 19.0. The second-order valence-corrected chi connectivity index (χ2v) is 13.6. The van der Waals surface area contributed by atoms with Gasteiger partial charge in [-0.1, -0.05) is 5.16 Å². The Bertz CT molecular complexity index is 1650. The lowest BCUT2D eigenvalue weighted by atomic mass is 9.93. The summed E-state index contributed by atoms with van der Waals surface area (Å²) in [6.07, 6.45) is 3.03. The van der Waals surface area contributed by atoms with Gasteiger partial charge in [0.25, 0.3) is 5.91 Å². The Morgan fingerprint density at radius 2 is 1.61 bits per heavy atom. The fraction of sp³-hybridized carbons (Fsp3) is 0.562. The van der Waals surface area contributed by atoms with Gasteiger partial charge in [0.15, 0.2) is 11.6 Å². The predicted octanol–water partition coefficient (Wildman–Crippen LogP) is 5.41. The molecule has 2 fully saturated rings. The Labute approximate surface area is 280 Å². The summed E-state index contributed by atoms with van der Waals surface area (Å²) in [5.41, 5.74) is -0.724. The van der Waals surface area contributed by atoms with E-state index in [1.165, 1.54) is 12.4 Å². The maximum absolute atomic E-state index is 14.9. The van der Waals surface area contributed by atoms with E-state index in [1.54, 1.807) is 35.5 Å². The molecule has 2 aromatic heterocycles. The summed E-state index contributed by atoms with van der Waals surface area (Å²) in [4.78, 5) is 44.1. The molecule has 2 aliphatic rings. The number of hydrogen-bond donors (Lipinski definition) is 1. The number of benzene rings is 1. The highest BCUT2D eigenvalue weighted by atomic mass is 19.3. The minimum absolute atomic E-state index is 0.00127. The zero-order valence-electron chi connectivity index (χ0n) is 28.0. The largest absolute Gasteiger partial charge is 0.444 e. The number of halogens is 5. The molecule has 4 heterocycles. The van der Waals surface area contributed by atoms with Gasteiger partial charge in [-0.3, -0.25) is 4.79 Å². The summed E-state index contributed by atoms with van der Waals surface area (Å²) in [6.45, 7) is 10.4. The maximum atomic E-state index is 14.9. The molecule has 0 radical (unpaired) electrons. The molecule has 0 bridgehead atoms. The van der Waals surface area contributed by atoms with E-state index in [0.717, 1.165) is 6.07 Å². The highest BCUT2D eigenvalue weighted by Crippen LogP contribution is 2.33. The fourth-order valence-electron chi connectivity index (χ4n) is 6.13. The van der Waals surface area contributed by atoms with Crippen LogP contribution < -0.4 is 15.1 Å². The van der Waals surface area contributed by atoms with Gasteiger partial charge in [0, 0.05) is 69.6 Å². The molecule has 2 aliphatic heterocycles. The molecule has 2 amide bonds. The van der Waals surface area contributed by atoms with E-state index in [-0.39, 0.29) is 54.2 Å². The van der Waals surface area contributed by atoms with Gasteiger partial charge >= 0.3 is 18.0 Å². The number of anilines is 2. The summed E-state index contributed by atoms with van der Waals surface area (Å²) in [6, 6.07) is 0.0955. The molecular formula is C32H39F5N8O4. The van der Waals surface area contributed by atoms with Crippen molar-refractivity contribution < 1.29 is 40.8 Å². The molecule has 49 heavy (non-hydrogen) atoms. The minimum atomic E-state index is -3.23. The van der Waals surface area contributed by atoms with Crippen molar-refractivity contribution in [2.75, 3.05) is 36.0 Å². The quantitative estimate of drug-likeness (QED) is 0.242. The Balaban J connectivity index is 1.29. The minimum Gasteiger partial charge on any atom is -0.444 e. The summed E-state index contributed by atoms with van der Waals surface area (Å²) in [5, 5.41) is 6.09. The number of aromatic nitrogens is 4. The van der Waals surface area contributed by atoms with Crippen molar-refractivity contribution in [2.24, 2.45) is 0 Å². The SMILES string of the molecule is CC(C)N(C(=O)c1cnc(N2C[C@H](NC(=O)OC(C)(C)C)[C@@H](c3cc(F)c(F)cc3F)C2)nc1)C1CCN(c2nc(C(C)(F)F)no2)CC1. The molecule has 0 spiro atoms. The van der Waals surface area contributed by atoms with Crippen molar-refractivity contribution >= 4 is 24.0 Å². The lowest BCUT2D eigenvalue weighted by molar-refractivity contribution is 0.00556. The number of ether oxygens (including phenoxy) is 1. The molecule has 1 N–H and O–H groups in total. The van der Waals surface area contributed by atoms with Crippen molar-refractivity contribution in [1.29, 1.82) is 0 Å². The number of piperidine rings is 1. The summed E-state index contributed by atoms with van der Waals surface area (Å²) < 4.78 is 80.4. The molecule has 0 unspecified atom stereocenters. The molecule has 5 rings (SSSR count). The zero-order chi connectivity index (χ0) is 35.8. The van der Waals surface area contributed by atoms with Crippen LogP contribution in [0.15, 0.2) is 29.0 Å². The molecule has 0 saturated carbocycles. The van der Waals surface area contributed by atoms with E-state index in [1.807, 2.05) is 13.8 Å². The molecule has 12 nitrogen and oxygen atoms in total. The Hall–Kier alpha value is -4.57. The van der Waals surface area contributed by atoms with Gasteiger partial charge < -0.3 is 29.3 Å². The van der Waals surface area contributed by atoms with E-state index < -0.39 is 52.9 Å². The van der Waals surface area contributed by atoms with Crippen LogP contribution in [0.3, 0.4) is 0 Å². The van der Waals surface area contributed by atoms with Crippen LogP contribution in [0.25, 0.3) is 0 Å². The molecule has 2 saturated heterocycles. The van der Waals surface area contributed by atoms with E-state index >= 15 is 0 Å². The van der Waals surface area contributed by atoms with Gasteiger partial charge in [0.05, 0.1) is 11.6 Å². The van der Waals surface area contributed by atoms with Crippen LogP contribution in [-0.2, 0) is 10.7 Å². The third kappa shape index (κ3) is 8.19. The van der Waals surface area contributed by atoms with Gasteiger partial charge in [-0.25, -0.2) is 27.9 Å². The van der Waals surface area contributed by atoms with E-state index in [9.17, 15) is 31.5 Å². The number of carbonyl (C=O) groups is 2. The smallest absolute Gasteiger partial charge is 0.407 e. The standard InChI is InChI=1S/C32H39F5N8O4/c1-17(2)45(19-7-9-43(10-8-19)29-41-27(42-49-29)32(6,36)37)26(46)18-13-38-28(39-14-18)44-15-21(20-11-23(34)24(35)12-22(20)33)25(16-44)40-30(47)48-31(3,4)5/h11-14,17,19,21,25H,7-10,15-16H2,1-6H3,(H,40,47)/t21-,25+/m1/s1. The maximum Gasteiger partial charge on any atom is 0.407 e. The van der Waals surface area contributed by atoms with Crippen LogP contribution in [0.2, 0.25) is 0 Å². The molecule has 17 heteroatoms. The highest BCUT2D eigenvalue weighted by Gasteiger charge is 2.40. The average molecular weight is 695 g/mol. The van der Waals surface area contributed by atoms with Crippen molar-refractivity contribution in [1.82, 2.24) is 30.3 Å². The number of nitrogens with zero attached hydrogens (tertiary/aromatic N) is 7. The number of amides is 2. The zero-order valence-corrected chi connectivity index (χ0v) is 28.0. The lowest BCUT2D eigenvalue weighted by Gasteiger charge is -2.40. The molecule has 1 aromatic carbocycles. The van der Waals surface area contributed by atoms with Gasteiger partial charge in [0.2, 0.25) is 11.8 Å². The number of hydrogen-bond acceptors (Lipinski definition) is 10. The van der Waals surface area contributed by atoms with Gasteiger partial charge in [0.1, 0.15) is 11.4 Å². The number of carbonyl (C=O) groups excluding carboxylic acids is 2. The molecule has 266 valence electrons. The first-order valence-corrected chi connectivity index (χ1v) is 15.9. The van der Waals surface area contributed by atoms with Crippen molar-refractivity contribution in [3.63, 3.8) is 0 Å². The van der Waals surface area contributed by atoms with Crippen LogP contribution in [0, 0.1) is 17.5 Å². The Kier molecular flexibility index (Phi) is 10.0. The van der Waals surface area contributed by atoms with Crippen molar-refractivity contribution in [3.8, 4) is 0 Å². The van der Waals surface area contributed by atoms with Crippen LogP contribution in [0.4, 0.5) is 38.7 Å². The Morgan fingerprint density at radius 1 is 0.980 bits per heavy atom. The monoisotopic (exact) mass is 694 g/mol. The van der Waals surface area contributed by atoms with Crippen LogP contribution in [0.1, 0.15) is 82.0 Å². The van der Waals surface area contributed by atoms with Gasteiger partial charge in [-0.05, 0) is 59.1 Å². The van der Waals surface area contributed by atoms with Crippen LogP contribution >= 0.6 is 0 Å². The van der Waals surface area contributed by atoms with E-state index in [0.29, 0.717) is 38.9 Å². The van der Waals surface area contributed by atoms with Crippen molar-refractivity contribution in [3.05, 3.63) is 58.9 Å². The number of nitrogens with one attached hydrogen (secondary N) is 1. The van der Waals surface area contributed by atoms with E-state index in [4.69, 9.17) is 9.26 Å². The third-order valence-electron chi connectivity index (χ3n) is 8.36. The fourth-order valence-corrected chi connectivity index (χ4v) is 6.13. The second-order valence-electron chi connectivity index (χ2n) is 13.6. The summed E-state index contributed by atoms with van der Waals surface area (Å²) >= 11 is 0. The van der Waals surface area contributed by atoms with Crippen LogP contribution in [-0.4, -0.2) is 86.9 Å². The lowest BCUT2D eigenvalue weighted by Crippen LogP contribution is -2.50. The topological polar surface area (TPSA) is 130 Å². The summed E-state index contributed by atoms with van der Waals surface area (Å²) in [5.74, 6) is -8.38. The first-order chi connectivity index (χ1) is 22.9. The first-order valence-electron chi connectivity index (χ1n) is 15.9. The Morgan fingerprint density at radius 3 is 2.18 bits per heavy atom. The number of rotatable bonds is 8. The molecular weight excluding hydrogens is 655 g/mol. The average Bonchev–Trinajstić information content (AvgIpc) is 3.67. The highest BCUT2D eigenvalue weighted by molar-refractivity contribution is 5.94. The third-order valence-corrected chi connectivity index (χ3v) is 8.36. The van der Waals surface area contributed by atoms with Crippen LogP contribution in [0.5, 0.6) is 0 Å². The predicted molar refractivity (Wildman–Crippen MR) is 167 cm³/mol. The van der Waals surface area contributed by atoms with E-state index in [2.05, 4.69) is 25.4 Å². The molecule has 3 aromatic rings. The second kappa shape index (κ2) is 13.7. The van der Waals surface area contributed by atoms with Crippen molar-refractivity contribution in [2.45, 2.75) is 90.0 Å². The molecule has 2 atom stereocenters. The van der Waals surface area contributed by atoms with Gasteiger partial charge in [-0.15, -0.1) is 0 Å². The number of alkyl halides is 2. The molecule has 0 aliphatic carbocycles.